The van der Waals surface area contributed by atoms with Crippen molar-refractivity contribution in [3.8, 4) is 0 Å². The predicted molar refractivity (Wildman–Crippen MR) is 78.8 cm³/mol. The van der Waals surface area contributed by atoms with Crippen molar-refractivity contribution in [2.75, 3.05) is 7.05 Å². The molecule has 118 valence electrons. The maximum Gasteiger partial charge on any atom is 0.227 e. The highest BCUT2D eigenvalue weighted by molar-refractivity contribution is 5.79. The Kier molecular flexibility index (Phi) is 5.00. The Labute approximate surface area is 125 Å². The van der Waals surface area contributed by atoms with Crippen molar-refractivity contribution in [2.45, 2.75) is 64.2 Å². The van der Waals surface area contributed by atoms with E-state index in [1.807, 2.05) is 13.8 Å². The number of carbonyl (C=O) groups is 1. The fourth-order valence-electron chi connectivity index (χ4n) is 3.02. The van der Waals surface area contributed by atoms with E-state index in [4.69, 9.17) is 0 Å². The first-order valence-electron chi connectivity index (χ1n) is 7.54. The summed E-state index contributed by atoms with van der Waals surface area (Å²) < 4.78 is 0. The molecule has 1 heterocycles. The minimum Gasteiger partial charge on any atom is -0.390 e. The summed E-state index contributed by atoms with van der Waals surface area (Å²) in [6.07, 6.45) is 1.78. The van der Waals surface area contributed by atoms with E-state index >= 15 is 0 Å². The Morgan fingerprint density at radius 1 is 1.33 bits per heavy atom. The number of H-pyrrole nitrogens is 1. The highest BCUT2D eigenvalue weighted by Gasteiger charge is 2.33. The molecule has 21 heavy (non-hydrogen) atoms. The maximum atomic E-state index is 12.5. The maximum absolute atomic E-state index is 12.5. The lowest BCUT2D eigenvalue weighted by Gasteiger charge is -2.32. The molecule has 0 aliphatic heterocycles. The average Bonchev–Trinajstić information content (AvgIpc) is 2.67. The molecule has 1 amide bonds. The van der Waals surface area contributed by atoms with Crippen LogP contribution in [-0.2, 0) is 11.2 Å². The van der Waals surface area contributed by atoms with Gasteiger partial charge in [0.25, 0.3) is 0 Å². The van der Waals surface area contributed by atoms with E-state index in [-0.39, 0.29) is 18.4 Å². The topological polar surface area (TPSA) is 89.5 Å². The molecule has 1 fully saturated rings. The van der Waals surface area contributed by atoms with Gasteiger partial charge in [-0.3, -0.25) is 9.89 Å². The zero-order valence-corrected chi connectivity index (χ0v) is 13.0. The molecule has 3 N–H and O–H groups in total. The van der Waals surface area contributed by atoms with E-state index in [1.165, 1.54) is 0 Å². The predicted octanol–water partition coefficient (Wildman–Crippen LogP) is 0.692. The molecule has 1 aliphatic carbocycles. The molecule has 1 aliphatic rings. The molecule has 0 bridgehead atoms. The summed E-state index contributed by atoms with van der Waals surface area (Å²) in [7, 11) is 1.71. The summed E-state index contributed by atoms with van der Waals surface area (Å²) in [6, 6.07) is -0.317. The lowest BCUT2D eigenvalue weighted by atomic mass is 10.0. The average molecular weight is 295 g/mol. The number of aliphatic hydroxyl groups is 2. The Morgan fingerprint density at radius 2 is 2.00 bits per heavy atom. The summed E-state index contributed by atoms with van der Waals surface area (Å²) in [5.74, 6) is -0.0549. The number of nitrogens with one attached hydrogen (secondary N) is 1. The first-order chi connectivity index (χ1) is 9.91. The number of likely N-dealkylation sites (N-methyl/N-ethyl adjacent to an activating group) is 1. The Balaban J connectivity index is 2.07. The number of rotatable bonds is 3. The van der Waals surface area contributed by atoms with Crippen molar-refractivity contribution in [3.05, 3.63) is 17.0 Å². The van der Waals surface area contributed by atoms with E-state index in [9.17, 15) is 15.0 Å². The molecule has 0 unspecified atom stereocenters. The third-order valence-electron chi connectivity index (χ3n) is 4.54. The van der Waals surface area contributed by atoms with Crippen molar-refractivity contribution >= 4 is 5.91 Å². The summed E-state index contributed by atoms with van der Waals surface area (Å²) >= 11 is 0. The van der Waals surface area contributed by atoms with Gasteiger partial charge in [-0.1, -0.05) is 12.8 Å². The number of aliphatic hydroxyl groups excluding tert-OH is 2. The third-order valence-corrected chi connectivity index (χ3v) is 4.54. The lowest BCUT2D eigenvalue weighted by molar-refractivity contribution is -0.135. The molecule has 0 radical (unpaired) electrons. The van der Waals surface area contributed by atoms with Crippen LogP contribution in [0.2, 0.25) is 0 Å². The van der Waals surface area contributed by atoms with Gasteiger partial charge in [0, 0.05) is 18.3 Å². The quantitative estimate of drug-likeness (QED) is 0.716. The fraction of sp³-hybridized carbons (Fsp3) is 0.733. The first kappa shape index (κ1) is 16.0. The van der Waals surface area contributed by atoms with Gasteiger partial charge in [-0.15, -0.1) is 0 Å². The van der Waals surface area contributed by atoms with Crippen molar-refractivity contribution in [2.24, 2.45) is 0 Å². The van der Waals surface area contributed by atoms with Crippen LogP contribution in [0.1, 0.15) is 42.6 Å². The van der Waals surface area contributed by atoms with Gasteiger partial charge in [-0.05, 0) is 26.7 Å². The van der Waals surface area contributed by atoms with Crippen LogP contribution in [0.4, 0.5) is 0 Å². The Hall–Kier alpha value is -1.40. The Morgan fingerprint density at radius 3 is 2.62 bits per heavy atom. The smallest absolute Gasteiger partial charge is 0.227 e. The number of aromatic nitrogens is 2. The molecule has 2 rings (SSSR count). The van der Waals surface area contributed by atoms with E-state index in [2.05, 4.69) is 10.2 Å². The lowest BCUT2D eigenvalue weighted by Crippen LogP contribution is -2.48. The molecule has 0 aromatic carbocycles. The summed E-state index contributed by atoms with van der Waals surface area (Å²) in [6.45, 7) is 3.77. The van der Waals surface area contributed by atoms with E-state index in [0.29, 0.717) is 6.42 Å². The number of nitrogens with zero attached hydrogens (tertiary/aromatic N) is 2. The first-order valence-corrected chi connectivity index (χ1v) is 7.54. The molecular weight excluding hydrogens is 270 g/mol. The van der Waals surface area contributed by atoms with Gasteiger partial charge >= 0.3 is 0 Å². The minimum absolute atomic E-state index is 0.0549. The number of aromatic amines is 1. The second-order valence-corrected chi connectivity index (χ2v) is 6.00. The fourth-order valence-corrected chi connectivity index (χ4v) is 3.02. The molecule has 0 spiro atoms. The zero-order valence-electron chi connectivity index (χ0n) is 13.0. The minimum atomic E-state index is -0.868. The van der Waals surface area contributed by atoms with E-state index in [1.54, 1.807) is 11.9 Å². The summed E-state index contributed by atoms with van der Waals surface area (Å²) in [5, 5.41) is 27.1. The number of aryl methyl sites for hydroxylation is 2. The van der Waals surface area contributed by atoms with Crippen LogP contribution >= 0.6 is 0 Å². The molecule has 1 saturated carbocycles. The van der Waals surface area contributed by atoms with Crippen LogP contribution in [0.25, 0.3) is 0 Å². The summed E-state index contributed by atoms with van der Waals surface area (Å²) in [5.41, 5.74) is 2.64. The van der Waals surface area contributed by atoms with Gasteiger partial charge in [0.1, 0.15) is 6.10 Å². The molecule has 0 saturated heterocycles. The number of carbonyl (C=O) groups excluding carboxylic acids is 1. The van der Waals surface area contributed by atoms with Crippen LogP contribution in [0.5, 0.6) is 0 Å². The second kappa shape index (κ2) is 6.58. The number of hydrogen-bond acceptors (Lipinski definition) is 4. The van der Waals surface area contributed by atoms with Crippen molar-refractivity contribution < 1.29 is 15.0 Å². The molecule has 1 aromatic heterocycles. The van der Waals surface area contributed by atoms with Gasteiger partial charge in [0.2, 0.25) is 5.91 Å². The van der Waals surface area contributed by atoms with E-state index in [0.717, 1.165) is 36.2 Å². The highest BCUT2D eigenvalue weighted by Crippen LogP contribution is 2.23. The second-order valence-electron chi connectivity index (χ2n) is 6.00. The molecule has 6 heteroatoms. The monoisotopic (exact) mass is 295 g/mol. The molecule has 1 aromatic rings. The van der Waals surface area contributed by atoms with Gasteiger partial charge < -0.3 is 15.1 Å². The van der Waals surface area contributed by atoms with Crippen LogP contribution in [0, 0.1) is 13.8 Å². The third kappa shape index (κ3) is 3.44. The van der Waals surface area contributed by atoms with Crippen LogP contribution in [-0.4, -0.2) is 56.5 Å². The van der Waals surface area contributed by atoms with Gasteiger partial charge in [0.05, 0.1) is 24.3 Å². The normalized spacial score (nSPS) is 26.4. The van der Waals surface area contributed by atoms with Crippen molar-refractivity contribution in [1.29, 1.82) is 0 Å². The van der Waals surface area contributed by atoms with E-state index < -0.39 is 12.2 Å². The van der Waals surface area contributed by atoms with Crippen LogP contribution in [0.15, 0.2) is 0 Å². The molecule has 6 nitrogen and oxygen atoms in total. The van der Waals surface area contributed by atoms with Gasteiger partial charge in [0.15, 0.2) is 0 Å². The Bertz CT molecular complexity index is 481. The molecular formula is C15H25N3O3. The molecule has 3 atom stereocenters. The zero-order chi connectivity index (χ0) is 15.6. The standard InChI is InChI=1S/C15H25N3O3/c1-9-11(10(2)17-16-9)8-14(20)18(3)12-6-4-5-7-13(19)15(12)21/h12-13,15,19,21H,4-8H2,1-3H3,(H,16,17)/t12-,13-,15-/m1/s1. The van der Waals surface area contributed by atoms with Crippen LogP contribution in [0.3, 0.4) is 0 Å². The van der Waals surface area contributed by atoms with Crippen molar-refractivity contribution in [3.63, 3.8) is 0 Å². The van der Waals surface area contributed by atoms with Gasteiger partial charge in [-0.25, -0.2) is 0 Å². The highest BCUT2D eigenvalue weighted by atomic mass is 16.3. The largest absolute Gasteiger partial charge is 0.390 e. The number of amides is 1. The summed E-state index contributed by atoms with van der Waals surface area (Å²) in [4.78, 5) is 14.1. The van der Waals surface area contributed by atoms with Gasteiger partial charge in [-0.2, -0.15) is 5.10 Å². The van der Waals surface area contributed by atoms with Crippen LogP contribution < -0.4 is 0 Å². The van der Waals surface area contributed by atoms with Crippen molar-refractivity contribution in [1.82, 2.24) is 15.1 Å². The number of hydrogen-bond donors (Lipinski definition) is 3. The SMILES string of the molecule is Cc1n[nH]c(C)c1CC(=O)N(C)[C@@H]1CCCC[C@@H](O)[C@@H]1O.